The minimum Gasteiger partial charge on any atom is -0.348 e. The van der Waals surface area contributed by atoms with Crippen molar-refractivity contribution in [3.8, 4) is 0 Å². The van der Waals surface area contributed by atoms with Crippen LogP contribution in [0.25, 0.3) is 0 Å². The van der Waals surface area contributed by atoms with E-state index in [1.165, 1.54) is 21.9 Å². The Kier molecular flexibility index (Phi) is 6.03. The Morgan fingerprint density at radius 1 is 1.00 bits per heavy atom. The second kappa shape index (κ2) is 8.19. The van der Waals surface area contributed by atoms with Gasteiger partial charge in [0.05, 0.1) is 18.0 Å². The van der Waals surface area contributed by atoms with Crippen molar-refractivity contribution in [2.75, 3.05) is 10.6 Å². The van der Waals surface area contributed by atoms with Crippen LogP contribution in [0, 0.1) is 13.8 Å². The summed E-state index contributed by atoms with van der Waals surface area (Å²) < 4.78 is 26.2. The first-order chi connectivity index (χ1) is 13.6. The Hall–Kier alpha value is -2.34. The SMILES string of the molecule is Cc1ccc(N([C@@H](C)C(=O)N[C@H](C)c2ccc3c(c2)CCC3)S(C)(=O)=O)cc1C. The lowest BCUT2D eigenvalue weighted by atomic mass is 10.0. The number of amides is 1. The Labute approximate surface area is 174 Å². The van der Waals surface area contributed by atoms with Gasteiger partial charge < -0.3 is 5.32 Å². The van der Waals surface area contributed by atoms with Crippen molar-refractivity contribution in [1.29, 1.82) is 0 Å². The van der Waals surface area contributed by atoms with Crippen molar-refractivity contribution in [2.24, 2.45) is 0 Å². The summed E-state index contributed by atoms with van der Waals surface area (Å²) in [6.45, 7) is 7.46. The first kappa shape index (κ1) is 21.4. The zero-order valence-electron chi connectivity index (χ0n) is 17.8. The van der Waals surface area contributed by atoms with Crippen molar-refractivity contribution in [3.63, 3.8) is 0 Å². The van der Waals surface area contributed by atoms with E-state index in [0.717, 1.165) is 35.8 Å². The molecule has 0 saturated carbocycles. The van der Waals surface area contributed by atoms with Gasteiger partial charge in [-0.25, -0.2) is 8.42 Å². The van der Waals surface area contributed by atoms with Crippen molar-refractivity contribution in [2.45, 2.75) is 59.0 Å². The van der Waals surface area contributed by atoms with Crippen molar-refractivity contribution < 1.29 is 13.2 Å². The van der Waals surface area contributed by atoms with E-state index in [2.05, 4.69) is 23.5 Å². The van der Waals surface area contributed by atoms with Crippen LogP contribution in [0.4, 0.5) is 5.69 Å². The van der Waals surface area contributed by atoms with Gasteiger partial charge in [0.2, 0.25) is 15.9 Å². The highest BCUT2D eigenvalue weighted by molar-refractivity contribution is 7.92. The maximum atomic E-state index is 13.0. The van der Waals surface area contributed by atoms with Crippen LogP contribution in [0.2, 0.25) is 0 Å². The van der Waals surface area contributed by atoms with Gasteiger partial charge in [-0.1, -0.05) is 24.3 Å². The van der Waals surface area contributed by atoms with E-state index < -0.39 is 16.1 Å². The number of benzene rings is 2. The van der Waals surface area contributed by atoms with E-state index in [0.29, 0.717) is 5.69 Å². The predicted molar refractivity (Wildman–Crippen MR) is 118 cm³/mol. The van der Waals surface area contributed by atoms with E-state index in [9.17, 15) is 13.2 Å². The fourth-order valence-corrected chi connectivity index (χ4v) is 5.12. The third-order valence-electron chi connectivity index (χ3n) is 5.81. The minimum atomic E-state index is -3.63. The average molecular weight is 415 g/mol. The van der Waals surface area contributed by atoms with Crippen LogP contribution in [0.1, 0.15) is 54.1 Å². The molecule has 156 valence electrons. The van der Waals surface area contributed by atoms with Crippen LogP contribution in [0.15, 0.2) is 36.4 Å². The topological polar surface area (TPSA) is 66.5 Å². The number of nitrogens with zero attached hydrogens (tertiary/aromatic N) is 1. The molecule has 0 heterocycles. The summed E-state index contributed by atoms with van der Waals surface area (Å²) in [4.78, 5) is 13.0. The number of carbonyl (C=O) groups is 1. The number of nitrogens with one attached hydrogen (secondary N) is 1. The van der Waals surface area contributed by atoms with Gasteiger partial charge in [-0.2, -0.15) is 0 Å². The molecular weight excluding hydrogens is 384 g/mol. The van der Waals surface area contributed by atoms with Crippen molar-refractivity contribution in [1.82, 2.24) is 5.32 Å². The molecule has 1 aliphatic rings. The number of rotatable bonds is 6. The van der Waals surface area contributed by atoms with Crippen LogP contribution in [0.5, 0.6) is 0 Å². The molecule has 0 unspecified atom stereocenters. The molecular formula is C23H30N2O3S. The smallest absolute Gasteiger partial charge is 0.244 e. The average Bonchev–Trinajstić information content (AvgIpc) is 3.11. The lowest BCUT2D eigenvalue weighted by Crippen LogP contribution is -2.48. The molecule has 0 fully saturated rings. The van der Waals surface area contributed by atoms with Gasteiger partial charge in [0.25, 0.3) is 0 Å². The molecule has 2 atom stereocenters. The molecule has 2 aromatic carbocycles. The first-order valence-electron chi connectivity index (χ1n) is 10.1. The van der Waals surface area contributed by atoms with Gasteiger partial charge >= 0.3 is 0 Å². The quantitative estimate of drug-likeness (QED) is 0.781. The second-order valence-electron chi connectivity index (χ2n) is 8.12. The Morgan fingerprint density at radius 2 is 1.69 bits per heavy atom. The van der Waals surface area contributed by atoms with Crippen LogP contribution in [0.3, 0.4) is 0 Å². The maximum absolute atomic E-state index is 13.0. The molecule has 1 N–H and O–H groups in total. The molecule has 0 saturated heterocycles. The largest absolute Gasteiger partial charge is 0.348 e. The molecule has 5 nitrogen and oxygen atoms in total. The van der Waals surface area contributed by atoms with E-state index >= 15 is 0 Å². The molecule has 1 amide bonds. The lowest BCUT2D eigenvalue weighted by molar-refractivity contribution is -0.122. The summed E-state index contributed by atoms with van der Waals surface area (Å²) in [6, 6.07) is 10.7. The molecule has 0 aliphatic heterocycles. The number of fused-ring (bicyclic) bond motifs is 1. The predicted octanol–water partition coefficient (Wildman–Crippen LogP) is 3.82. The van der Waals surface area contributed by atoms with Gasteiger partial charge in [0.15, 0.2) is 0 Å². The summed E-state index contributed by atoms with van der Waals surface area (Å²) in [6.07, 6.45) is 4.51. The monoisotopic (exact) mass is 414 g/mol. The highest BCUT2D eigenvalue weighted by Crippen LogP contribution is 2.27. The zero-order valence-corrected chi connectivity index (χ0v) is 18.6. The number of sulfonamides is 1. The fraction of sp³-hybridized carbons (Fsp3) is 0.435. The summed E-state index contributed by atoms with van der Waals surface area (Å²) in [5, 5.41) is 2.99. The summed E-state index contributed by atoms with van der Waals surface area (Å²) in [5.41, 5.74) is 6.34. The van der Waals surface area contributed by atoms with Gasteiger partial charge in [-0.3, -0.25) is 9.10 Å². The highest BCUT2D eigenvalue weighted by Gasteiger charge is 2.30. The highest BCUT2D eigenvalue weighted by atomic mass is 32.2. The fourth-order valence-electron chi connectivity index (χ4n) is 3.95. The Bertz CT molecular complexity index is 1030. The van der Waals surface area contributed by atoms with Crippen LogP contribution in [-0.4, -0.2) is 26.6 Å². The van der Waals surface area contributed by atoms with E-state index in [4.69, 9.17) is 0 Å². The molecule has 0 spiro atoms. The van der Waals surface area contributed by atoms with Crippen molar-refractivity contribution >= 4 is 21.6 Å². The Balaban J connectivity index is 1.81. The molecule has 1 aliphatic carbocycles. The normalized spacial score (nSPS) is 15.5. The van der Waals surface area contributed by atoms with Crippen molar-refractivity contribution in [3.05, 3.63) is 64.2 Å². The van der Waals surface area contributed by atoms with Crippen LogP contribution < -0.4 is 9.62 Å². The molecule has 2 aromatic rings. The molecule has 3 rings (SSSR count). The Morgan fingerprint density at radius 3 is 2.34 bits per heavy atom. The number of carbonyl (C=O) groups excluding carboxylic acids is 1. The summed E-state index contributed by atoms with van der Waals surface area (Å²) >= 11 is 0. The second-order valence-corrected chi connectivity index (χ2v) is 9.97. The maximum Gasteiger partial charge on any atom is 0.244 e. The van der Waals surface area contributed by atoms with E-state index in [1.807, 2.05) is 32.9 Å². The molecule has 6 heteroatoms. The third-order valence-corrected chi connectivity index (χ3v) is 7.06. The molecule has 29 heavy (non-hydrogen) atoms. The zero-order chi connectivity index (χ0) is 21.3. The van der Waals surface area contributed by atoms with E-state index in [1.54, 1.807) is 13.0 Å². The first-order valence-corrected chi connectivity index (χ1v) is 11.9. The number of anilines is 1. The van der Waals surface area contributed by atoms with E-state index in [-0.39, 0.29) is 11.9 Å². The molecule has 0 bridgehead atoms. The van der Waals surface area contributed by atoms with Crippen LogP contribution in [-0.2, 0) is 27.7 Å². The summed E-state index contributed by atoms with van der Waals surface area (Å²) in [5.74, 6) is -0.318. The number of aryl methyl sites for hydroxylation is 4. The lowest BCUT2D eigenvalue weighted by Gasteiger charge is -2.29. The van der Waals surface area contributed by atoms with Gasteiger partial charge in [-0.05, 0) is 86.9 Å². The van der Waals surface area contributed by atoms with Gasteiger partial charge in [0, 0.05) is 0 Å². The standard InChI is InChI=1S/C23H30N2O3S/c1-15-9-12-22(13-16(15)2)25(29(5,27)28)18(4)23(26)24-17(3)20-11-10-19-7-6-8-21(19)14-20/h9-14,17-18H,6-8H2,1-5H3,(H,24,26)/t17-,18+/m1/s1. The third kappa shape index (κ3) is 4.64. The number of hydrogen-bond acceptors (Lipinski definition) is 3. The van der Waals surface area contributed by atoms with Gasteiger partial charge in [-0.15, -0.1) is 0 Å². The number of hydrogen-bond donors (Lipinski definition) is 1. The molecule has 0 aromatic heterocycles. The van der Waals surface area contributed by atoms with Crippen LogP contribution >= 0.6 is 0 Å². The molecule has 0 radical (unpaired) electrons. The minimum absolute atomic E-state index is 0.197. The van der Waals surface area contributed by atoms with Gasteiger partial charge in [0.1, 0.15) is 6.04 Å². The summed E-state index contributed by atoms with van der Waals surface area (Å²) in [7, 11) is -3.63.